The number of pyridine rings is 1. The number of halogens is 1. The van der Waals surface area contributed by atoms with Crippen molar-refractivity contribution in [2.75, 3.05) is 13.7 Å². The largest absolute Gasteiger partial charge is 0.390 e. The SMILES string of the molecule is COCC(O)Cc1nc(-c2cncc(Br)c2)no1. The summed E-state index contributed by atoms with van der Waals surface area (Å²) >= 11 is 3.32. The molecule has 0 aromatic carbocycles. The molecule has 1 unspecified atom stereocenters. The second-order valence-electron chi connectivity index (χ2n) is 3.72. The Balaban J connectivity index is 2.10. The Hall–Kier alpha value is -1.31. The zero-order valence-corrected chi connectivity index (χ0v) is 11.3. The fourth-order valence-corrected chi connectivity index (χ4v) is 1.81. The van der Waals surface area contributed by atoms with Crippen molar-refractivity contribution < 1.29 is 14.4 Å². The Morgan fingerprint density at radius 1 is 1.50 bits per heavy atom. The molecule has 0 spiro atoms. The van der Waals surface area contributed by atoms with Crippen LogP contribution in [-0.2, 0) is 11.2 Å². The van der Waals surface area contributed by atoms with Crippen molar-refractivity contribution in [3.63, 3.8) is 0 Å². The summed E-state index contributed by atoms with van der Waals surface area (Å²) in [6.45, 7) is 0.232. The van der Waals surface area contributed by atoms with E-state index in [9.17, 15) is 5.11 Å². The highest BCUT2D eigenvalue weighted by Crippen LogP contribution is 2.19. The van der Waals surface area contributed by atoms with E-state index in [1.54, 1.807) is 12.4 Å². The van der Waals surface area contributed by atoms with Gasteiger partial charge >= 0.3 is 0 Å². The Morgan fingerprint density at radius 2 is 2.33 bits per heavy atom. The van der Waals surface area contributed by atoms with Gasteiger partial charge in [0.25, 0.3) is 0 Å². The minimum atomic E-state index is -0.649. The monoisotopic (exact) mass is 313 g/mol. The van der Waals surface area contributed by atoms with Gasteiger partial charge in [-0.25, -0.2) is 0 Å². The first kappa shape index (κ1) is 13.1. The van der Waals surface area contributed by atoms with Crippen molar-refractivity contribution in [2.45, 2.75) is 12.5 Å². The summed E-state index contributed by atoms with van der Waals surface area (Å²) in [6, 6.07) is 1.84. The van der Waals surface area contributed by atoms with Crippen LogP contribution < -0.4 is 0 Å². The molecular formula is C11H12BrN3O3. The second kappa shape index (κ2) is 6.03. The van der Waals surface area contributed by atoms with Gasteiger partial charge in [-0.3, -0.25) is 4.98 Å². The molecule has 0 saturated carbocycles. The third-order valence-electron chi connectivity index (χ3n) is 2.20. The van der Waals surface area contributed by atoms with E-state index in [0.29, 0.717) is 11.7 Å². The van der Waals surface area contributed by atoms with E-state index in [1.165, 1.54) is 7.11 Å². The molecule has 6 nitrogen and oxygen atoms in total. The van der Waals surface area contributed by atoms with E-state index in [1.807, 2.05) is 6.07 Å². The molecule has 2 rings (SSSR count). The maximum absolute atomic E-state index is 9.55. The van der Waals surface area contributed by atoms with Gasteiger partial charge in [-0.1, -0.05) is 5.16 Å². The number of methoxy groups -OCH3 is 1. The number of aromatic nitrogens is 3. The van der Waals surface area contributed by atoms with Crippen LogP contribution in [0.5, 0.6) is 0 Å². The number of hydrogen-bond acceptors (Lipinski definition) is 6. The number of ether oxygens (including phenoxy) is 1. The standard InChI is InChI=1S/C11H12BrN3O3/c1-17-6-9(16)3-10-14-11(15-18-10)7-2-8(12)5-13-4-7/h2,4-5,9,16H,3,6H2,1H3. The molecule has 0 aliphatic heterocycles. The summed E-state index contributed by atoms with van der Waals surface area (Å²) < 4.78 is 10.7. The van der Waals surface area contributed by atoms with Gasteiger partial charge in [0, 0.05) is 29.5 Å². The molecule has 1 N–H and O–H groups in total. The van der Waals surface area contributed by atoms with Crippen molar-refractivity contribution in [1.82, 2.24) is 15.1 Å². The third kappa shape index (κ3) is 3.34. The van der Waals surface area contributed by atoms with Crippen LogP contribution in [0, 0.1) is 0 Å². The zero-order chi connectivity index (χ0) is 13.0. The number of nitrogens with zero attached hydrogens (tertiary/aromatic N) is 3. The molecule has 0 bridgehead atoms. The minimum absolute atomic E-state index is 0.232. The predicted molar refractivity (Wildman–Crippen MR) is 66.8 cm³/mol. The van der Waals surface area contributed by atoms with Crippen LogP contribution in [0.4, 0.5) is 0 Å². The molecule has 7 heteroatoms. The van der Waals surface area contributed by atoms with Gasteiger partial charge < -0.3 is 14.4 Å². The van der Waals surface area contributed by atoms with E-state index < -0.39 is 6.10 Å². The van der Waals surface area contributed by atoms with Gasteiger partial charge in [-0.15, -0.1) is 0 Å². The molecule has 0 aliphatic carbocycles. The highest BCUT2D eigenvalue weighted by atomic mass is 79.9. The number of hydrogen-bond donors (Lipinski definition) is 1. The average Bonchev–Trinajstić information content (AvgIpc) is 2.78. The van der Waals surface area contributed by atoms with Crippen molar-refractivity contribution in [3.05, 3.63) is 28.8 Å². The van der Waals surface area contributed by atoms with E-state index in [0.717, 1.165) is 10.0 Å². The van der Waals surface area contributed by atoms with Crippen LogP contribution in [-0.4, -0.2) is 40.1 Å². The van der Waals surface area contributed by atoms with E-state index in [4.69, 9.17) is 9.26 Å². The summed E-state index contributed by atoms with van der Waals surface area (Å²) in [5.74, 6) is 0.818. The average molecular weight is 314 g/mol. The summed E-state index contributed by atoms with van der Waals surface area (Å²) in [4.78, 5) is 8.21. The first-order valence-corrected chi connectivity index (χ1v) is 6.09. The lowest BCUT2D eigenvalue weighted by Gasteiger charge is -2.04. The normalized spacial score (nSPS) is 12.6. The molecule has 0 saturated heterocycles. The second-order valence-corrected chi connectivity index (χ2v) is 4.63. The maximum atomic E-state index is 9.55. The smallest absolute Gasteiger partial charge is 0.229 e. The number of aliphatic hydroxyl groups excluding tert-OH is 1. The van der Waals surface area contributed by atoms with Crippen molar-refractivity contribution in [2.24, 2.45) is 0 Å². The Labute approximate surface area is 112 Å². The molecule has 18 heavy (non-hydrogen) atoms. The van der Waals surface area contributed by atoms with Gasteiger partial charge in [0.1, 0.15) is 0 Å². The van der Waals surface area contributed by atoms with Crippen molar-refractivity contribution in [1.29, 1.82) is 0 Å². The molecule has 2 heterocycles. The van der Waals surface area contributed by atoms with Gasteiger partial charge in [-0.2, -0.15) is 4.98 Å². The molecule has 0 aliphatic rings. The summed E-state index contributed by atoms with van der Waals surface area (Å²) in [5.41, 5.74) is 0.751. The highest BCUT2D eigenvalue weighted by molar-refractivity contribution is 9.10. The van der Waals surface area contributed by atoms with Gasteiger partial charge in [-0.05, 0) is 22.0 Å². The topological polar surface area (TPSA) is 81.3 Å². The van der Waals surface area contributed by atoms with Crippen LogP contribution in [0.1, 0.15) is 5.89 Å². The quantitative estimate of drug-likeness (QED) is 0.899. The summed E-state index contributed by atoms with van der Waals surface area (Å²) in [5, 5.41) is 13.4. The molecule has 96 valence electrons. The Bertz CT molecular complexity index is 518. The van der Waals surface area contributed by atoms with Crippen molar-refractivity contribution >= 4 is 15.9 Å². The maximum Gasteiger partial charge on any atom is 0.229 e. The molecule has 2 aromatic heterocycles. The fourth-order valence-electron chi connectivity index (χ4n) is 1.44. The van der Waals surface area contributed by atoms with Crippen LogP contribution in [0.2, 0.25) is 0 Å². The molecule has 0 radical (unpaired) electrons. The Kier molecular flexibility index (Phi) is 4.40. The van der Waals surface area contributed by atoms with Crippen LogP contribution in [0.25, 0.3) is 11.4 Å². The molecule has 0 fully saturated rings. The highest BCUT2D eigenvalue weighted by Gasteiger charge is 2.13. The van der Waals surface area contributed by atoms with Gasteiger partial charge in [0.2, 0.25) is 11.7 Å². The first-order chi connectivity index (χ1) is 8.69. The zero-order valence-electron chi connectivity index (χ0n) is 9.71. The minimum Gasteiger partial charge on any atom is -0.390 e. The van der Waals surface area contributed by atoms with E-state index in [2.05, 4.69) is 31.1 Å². The third-order valence-corrected chi connectivity index (χ3v) is 2.63. The number of aliphatic hydroxyl groups is 1. The van der Waals surface area contributed by atoms with Crippen LogP contribution >= 0.6 is 15.9 Å². The van der Waals surface area contributed by atoms with Gasteiger partial charge in [0.05, 0.1) is 19.1 Å². The van der Waals surface area contributed by atoms with Gasteiger partial charge in [0.15, 0.2) is 0 Å². The molecule has 0 amide bonds. The molecule has 2 aromatic rings. The molecule has 1 atom stereocenters. The summed E-state index contributed by atoms with van der Waals surface area (Å²) in [7, 11) is 1.52. The summed E-state index contributed by atoms with van der Waals surface area (Å²) in [6.07, 6.45) is 2.93. The van der Waals surface area contributed by atoms with E-state index in [-0.39, 0.29) is 13.0 Å². The first-order valence-electron chi connectivity index (χ1n) is 5.29. The lowest BCUT2D eigenvalue weighted by molar-refractivity contribution is 0.0599. The fraction of sp³-hybridized carbons (Fsp3) is 0.364. The van der Waals surface area contributed by atoms with Crippen molar-refractivity contribution in [3.8, 4) is 11.4 Å². The van der Waals surface area contributed by atoms with Crippen LogP contribution in [0.15, 0.2) is 27.5 Å². The lowest BCUT2D eigenvalue weighted by Crippen LogP contribution is -2.17. The predicted octanol–water partition coefficient (Wildman–Crippen LogP) is 1.44. The lowest BCUT2D eigenvalue weighted by atomic mass is 10.2. The number of rotatable bonds is 5. The Morgan fingerprint density at radius 3 is 3.06 bits per heavy atom. The molecular weight excluding hydrogens is 302 g/mol. The van der Waals surface area contributed by atoms with E-state index >= 15 is 0 Å². The van der Waals surface area contributed by atoms with Crippen LogP contribution in [0.3, 0.4) is 0 Å².